The Morgan fingerprint density at radius 3 is 3.08 bits per heavy atom. The van der Waals surface area contributed by atoms with E-state index in [0.717, 1.165) is 36.1 Å². The second kappa shape index (κ2) is 7.49. The Morgan fingerprint density at radius 1 is 1.27 bits per heavy atom. The number of amides is 2. The maximum atomic E-state index is 12.6. The van der Waals surface area contributed by atoms with Crippen LogP contribution in [0.1, 0.15) is 18.5 Å². The van der Waals surface area contributed by atoms with Gasteiger partial charge in [-0.2, -0.15) is 15.4 Å². The third-order valence-electron chi connectivity index (χ3n) is 4.43. The molecule has 0 spiro atoms. The molecule has 1 aliphatic rings. The Kier molecular flexibility index (Phi) is 4.74. The van der Waals surface area contributed by atoms with Crippen molar-refractivity contribution in [3.05, 3.63) is 48.3 Å². The molecule has 0 aliphatic carbocycles. The number of piperidine rings is 1. The standard InChI is InChI=1S/C18H20N6O2/c25-18(20-13-6-7-16-17(10-13)22-23-21-16)24-9-3-5-15(11-24)26-12-14-4-1-2-8-19-14/h1-2,4,6-8,10,15H,3,5,9,11-12H2,(H,20,25)(H,21,22,23)/t15-/m1/s1. The third kappa shape index (κ3) is 3.80. The van der Waals surface area contributed by atoms with E-state index >= 15 is 0 Å². The molecule has 1 fully saturated rings. The van der Waals surface area contributed by atoms with Crippen LogP contribution >= 0.6 is 0 Å². The number of aromatic amines is 1. The van der Waals surface area contributed by atoms with E-state index in [1.165, 1.54) is 0 Å². The lowest BCUT2D eigenvalue weighted by atomic mass is 10.1. The number of urea groups is 1. The van der Waals surface area contributed by atoms with Crippen LogP contribution in [0.15, 0.2) is 42.6 Å². The summed E-state index contributed by atoms with van der Waals surface area (Å²) in [7, 11) is 0. The number of anilines is 1. The number of hydrogen-bond acceptors (Lipinski definition) is 5. The molecule has 2 aromatic heterocycles. The zero-order valence-electron chi connectivity index (χ0n) is 14.3. The van der Waals surface area contributed by atoms with Crippen molar-refractivity contribution in [1.29, 1.82) is 0 Å². The molecule has 0 saturated carbocycles. The van der Waals surface area contributed by atoms with Crippen LogP contribution in [0.3, 0.4) is 0 Å². The molecule has 4 rings (SSSR count). The number of rotatable bonds is 4. The number of H-pyrrole nitrogens is 1. The second-order valence-corrected chi connectivity index (χ2v) is 6.30. The molecule has 1 aromatic carbocycles. The van der Waals surface area contributed by atoms with Gasteiger partial charge in [-0.05, 0) is 43.2 Å². The van der Waals surface area contributed by atoms with Gasteiger partial charge in [-0.25, -0.2) is 4.79 Å². The average Bonchev–Trinajstić information content (AvgIpc) is 3.15. The molecule has 134 valence electrons. The Labute approximate surface area is 150 Å². The number of ether oxygens (including phenoxy) is 1. The number of fused-ring (bicyclic) bond motifs is 1. The van der Waals surface area contributed by atoms with E-state index in [2.05, 4.69) is 25.7 Å². The number of hydrogen-bond donors (Lipinski definition) is 2. The van der Waals surface area contributed by atoms with Crippen molar-refractivity contribution < 1.29 is 9.53 Å². The molecule has 1 atom stereocenters. The Hall–Kier alpha value is -3.00. The van der Waals surface area contributed by atoms with Crippen molar-refractivity contribution in [2.45, 2.75) is 25.6 Å². The maximum absolute atomic E-state index is 12.6. The first-order chi connectivity index (χ1) is 12.8. The first-order valence-electron chi connectivity index (χ1n) is 8.66. The fourth-order valence-corrected chi connectivity index (χ4v) is 3.07. The summed E-state index contributed by atoms with van der Waals surface area (Å²) in [6.07, 6.45) is 3.64. The molecule has 2 amide bonds. The van der Waals surface area contributed by atoms with Crippen molar-refractivity contribution in [2.24, 2.45) is 0 Å². The molecule has 8 heteroatoms. The molecule has 8 nitrogen and oxygen atoms in total. The molecular formula is C18H20N6O2. The lowest BCUT2D eigenvalue weighted by Gasteiger charge is -2.32. The van der Waals surface area contributed by atoms with Crippen molar-refractivity contribution in [3.8, 4) is 0 Å². The zero-order chi connectivity index (χ0) is 17.8. The minimum atomic E-state index is -0.126. The van der Waals surface area contributed by atoms with Gasteiger partial charge in [-0.3, -0.25) is 4.98 Å². The van der Waals surface area contributed by atoms with Crippen LogP contribution in [0.5, 0.6) is 0 Å². The highest BCUT2D eigenvalue weighted by Gasteiger charge is 2.24. The van der Waals surface area contributed by atoms with Crippen LogP contribution in [0, 0.1) is 0 Å². The highest BCUT2D eigenvalue weighted by Crippen LogP contribution is 2.18. The number of likely N-dealkylation sites (tertiary alicyclic amines) is 1. The minimum absolute atomic E-state index is 0.0227. The highest BCUT2D eigenvalue weighted by molar-refractivity contribution is 5.91. The minimum Gasteiger partial charge on any atom is -0.370 e. The number of carbonyl (C=O) groups excluding carboxylic acids is 1. The first-order valence-corrected chi connectivity index (χ1v) is 8.66. The predicted molar refractivity (Wildman–Crippen MR) is 96.5 cm³/mol. The summed E-state index contributed by atoms with van der Waals surface area (Å²) in [6.45, 7) is 1.76. The molecule has 0 bridgehead atoms. The third-order valence-corrected chi connectivity index (χ3v) is 4.43. The van der Waals surface area contributed by atoms with Crippen LogP contribution in [-0.4, -0.2) is 50.5 Å². The number of nitrogens with one attached hydrogen (secondary N) is 2. The largest absolute Gasteiger partial charge is 0.370 e. The van der Waals surface area contributed by atoms with Gasteiger partial charge in [0.25, 0.3) is 0 Å². The van der Waals surface area contributed by atoms with Crippen molar-refractivity contribution in [1.82, 2.24) is 25.3 Å². The molecule has 2 N–H and O–H groups in total. The lowest BCUT2D eigenvalue weighted by molar-refractivity contribution is -0.000325. The molecule has 0 radical (unpaired) electrons. The Bertz CT molecular complexity index is 882. The number of pyridine rings is 1. The first kappa shape index (κ1) is 16.5. The van der Waals surface area contributed by atoms with E-state index in [1.54, 1.807) is 17.2 Å². The van der Waals surface area contributed by atoms with Gasteiger partial charge in [-0.1, -0.05) is 6.07 Å². The Balaban J connectivity index is 1.33. The van der Waals surface area contributed by atoms with Gasteiger partial charge < -0.3 is 15.0 Å². The van der Waals surface area contributed by atoms with E-state index in [0.29, 0.717) is 18.8 Å². The van der Waals surface area contributed by atoms with E-state index in [9.17, 15) is 4.79 Å². The van der Waals surface area contributed by atoms with E-state index in [1.807, 2.05) is 30.3 Å². The fraction of sp³-hybridized carbons (Fsp3) is 0.333. The lowest BCUT2D eigenvalue weighted by Crippen LogP contribution is -2.45. The van der Waals surface area contributed by atoms with Crippen molar-refractivity contribution >= 4 is 22.8 Å². The smallest absolute Gasteiger partial charge is 0.321 e. The molecule has 1 saturated heterocycles. The summed E-state index contributed by atoms with van der Waals surface area (Å²) in [5, 5.41) is 13.5. The highest BCUT2D eigenvalue weighted by atomic mass is 16.5. The van der Waals surface area contributed by atoms with Crippen molar-refractivity contribution in [2.75, 3.05) is 18.4 Å². The maximum Gasteiger partial charge on any atom is 0.321 e. The quantitative estimate of drug-likeness (QED) is 0.752. The molecule has 1 aliphatic heterocycles. The van der Waals surface area contributed by atoms with Gasteiger partial charge >= 0.3 is 6.03 Å². The predicted octanol–water partition coefficient (Wildman–Crippen LogP) is 2.57. The molecule has 3 heterocycles. The van der Waals surface area contributed by atoms with Crippen LogP contribution in [0.25, 0.3) is 11.0 Å². The summed E-state index contributed by atoms with van der Waals surface area (Å²) in [5.41, 5.74) is 3.09. The van der Waals surface area contributed by atoms with Gasteiger partial charge in [-0.15, -0.1) is 0 Å². The summed E-state index contributed by atoms with van der Waals surface area (Å²) < 4.78 is 5.94. The zero-order valence-corrected chi connectivity index (χ0v) is 14.3. The van der Waals surface area contributed by atoms with Crippen LogP contribution < -0.4 is 5.32 Å². The monoisotopic (exact) mass is 352 g/mol. The van der Waals surface area contributed by atoms with Crippen LogP contribution in [0.2, 0.25) is 0 Å². The number of carbonyl (C=O) groups is 1. The second-order valence-electron chi connectivity index (χ2n) is 6.30. The van der Waals surface area contributed by atoms with Crippen molar-refractivity contribution in [3.63, 3.8) is 0 Å². The normalized spacial score (nSPS) is 17.4. The summed E-state index contributed by atoms with van der Waals surface area (Å²) in [6, 6.07) is 11.1. The van der Waals surface area contributed by atoms with Crippen LogP contribution in [0.4, 0.5) is 10.5 Å². The topological polar surface area (TPSA) is 96.0 Å². The summed E-state index contributed by atoms with van der Waals surface area (Å²) >= 11 is 0. The molecule has 0 unspecified atom stereocenters. The molecule has 3 aromatic rings. The fourth-order valence-electron chi connectivity index (χ4n) is 3.07. The Morgan fingerprint density at radius 2 is 2.19 bits per heavy atom. The number of nitrogens with zero attached hydrogens (tertiary/aromatic N) is 4. The van der Waals surface area contributed by atoms with Gasteiger partial charge in [0.15, 0.2) is 0 Å². The van der Waals surface area contributed by atoms with Gasteiger partial charge in [0.05, 0.1) is 18.4 Å². The van der Waals surface area contributed by atoms with Gasteiger partial charge in [0.1, 0.15) is 11.0 Å². The molecule has 26 heavy (non-hydrogen) atoms. The number of benzene rings is 1. The van der Waals surface area contributed by atoms with Gasteiger partial charge in [0, 0.05) is 25.0 Å². The summed E-state index contributed by atoms with van der Waals surface area (Å²) in [5.74, 6) is 0. The van der Waals surface area contributed by atoms with E-state index in [4.69, 9.17) is 4.74 Å². The average molecular weight is 352 g/mol. The SMILES string of the molecule is O=C(Nc1ccc2n[nH]nc2c1)N1CCC[C@@H](OCc2ccccn2)C1. The summed E-state index contributed by atoms with van der Waals surface area (Å²) in [4.78, 5) is 18.6. The van der Waals surface area contributed by atoms with E-state index < -0.39 is 0 Å². The van der Waals surface area contributed by atoms with Gasteiger partial charge in [0.2, 0.25) is 0 Å². The number of aromatic nitrogens is 4. The van der Waals surface area contributed by atoms with E-state index in [-0.39, 0.29) is 12.1 Å². The van der Waals surface area contributed by atoms with Crippen LogP contribution in [-0.2, 0) is 11.3 Å². The molecular weight excluding hydrogens is 332 g/mol.